The van der Waals surface area contributed by atoms with E-state index >= 15 is 0 Å². The summed E-state index contributed by atoms with van der Waals surface area (Å²) < 4.78 is 28.8. The highest BCUT2D eigenvalue weighted by atomic mass is 32.2. The van der Waals surface area contributed by atoms with E-state index < -0.39 is 10.1 Å². The molecule has 114 valence electrons. The fraction of sp³-hybridized carbons (Fsp3) is 0.625. The molecular formula is C16H26O3S. The van der Waals surface area contributed by atoms with Crippen molar-refractivity contribution in [3.8, 4) is 0 Å². The Morgan fingerprint density at radius 3 is 2.05 bits per heavy atom. The molecule has 1 aromatic carbocycles. The van der Waals surface area contributed by atoms with Gasteiger partial charge >= 0.3 is 0 Å². The number of hydrogen-bond donors (Lipinski definition) is 0. The molecule has 20 heavy (non-hydrogen) atoms. The van der Waals surface area contributed by atoms with E-state index in [9.17, 15) is 8.42 Å². The van der Waals surface area contributed by atoms with Crippen LogP contribution in [0, 0.1) is 6.92 Å². The average molecular weight is 300 g/mol. The van der Waals surface area contributed by atoms with Crippen molar-refractivity contribution in [1.29, 1.82) is 0 Å². The normalized spacial score (nSPS) is 11.7. The summed E-state index contributed by atoms with van der Waals surface area (Å²) in [6.45, 7) is 4.41. The Kier molecular flexibility index (Phi) is 7.85. The molecule has 0 aliphatic heterocycles. The Bertz CT molecular complexity index is 463. The summed E-state index contributed by atoms with van der Waals surface area (Å²) >= 11 is 0. The van der Waals surface area contributed by atoms with Crippen molar-refractivity contribution in [1.82, 2.24) is 0 Å². The minimum absolute atomic E-state index is 0.242. The van der Waals surface area contributed by atoms with E-state index in [0.717, 1.165) is 24.8 Å². The topological polar surface area (TPSA) is 43.4 Å². The molecule has 0 aromatic heterocycles. The zero-order valence-electron chi connectivity index (χ0n) is 12.6. The molecule has 0 bridgehead atoms. The molecule has 0 radical (unpaired) electrons. The summed E-state index contributed by atoms with van der Waals surface area (Å²) in [4.78, 5) is 0.242. The van der Waals surface area contributed by atoms with Crippen molar-refractivity contribution in [2.24, 2.45) is 0 Å². The molecule has 3 nitrogen and oxygen atoms in total. The molecule has 0 spiro atoms. The zero-order valence-corrected chi connectivity index (χ0v) is 13.4. The Morgan fingerprint density at radius 2 is 1.45 bits per heavy atom. The third-order valence-electron chi connectivity index (χ3n) is 3.30. The molecule has 0 saturated carbocycles. The van der Waals surface area contributed by atoms with E-state index in [0.29, 0.717) is 0 Å². The van der Waals surface area contributed by atoms with Gasteiger partial charge in [-0.15, -0.1) is 0 Å². The quantitative estimate of drug-likeness (QED) is 0.364. The van der Waals surface area contributed by atoms with Crippen LogP contribution in [-0.4, -0.2) is 15.0 Å². The number of benzene rings is 1. The predicted molar refractivity (Wildman–Crippen MR) is 82.3 cm³/mol. The second-order valence-electron chi connectivity index (χ2n) is 5.21. The molecule has 0 unspecified atom stereocenters. The Balaban J connectivity index is 2.22. The van der Waals surface area contributed by atoms with Gasteiger partial charge in [0.15, 0.2) is 0 Å². The van der Waals surface area contributed by atoms with Gasteiger partial charge in [-0.3, -0.25) is 4.18 Å². The van der Waals surface area contributed by atoms with Crippen LogP contribution in [0.5, 0.6) is 0 Å². The molecule has 4 heteroatoms. The van der Waals surface area contributed by atoms with E-state index in [1.165, 1.54) is 25.7 Å². The lowest BCUT2D eigenvalue weighted by molar-refractivity contribution is 0.306. The van der Waals surface area contributed by atoms with Crippen LogP contribution in [0.15, 0.2) is 29.2 Å². The van der Waals surface area contributed by atoms with Crippen molar-refractivity contribution < 1.29 is 12.6 Å². The van der Waals surface area contributed by atoms with Gasteiger partial charge in [-0.05, 0) is 25.5 Å². The van der Waals surface area contributed by atoms with Crippen LogP contribution in [0.2, 0.25) is 0 Å². The van der Waals surface area contributed by atoms with Crippen molar-refractivity contribution in [3.63, 3.8) is 0 Å². The van der Waals surface area contributed by atoms with Gasteiger partial charge < -0.3 is 0 Å². The first-order valence-electron chi connectivity index (χ1n) is 7.52. The summed E-state index contributed by atoms with van der Waals surface area (Å²) in [5, 5.41) is 0. The highest BCUT2D eigenvalue weighted by Gasteiger charge is 2.14. The fourth-order valence-corrected chi connectivity index (χ4v) is 2.94. The van der Waals surface area contributed by atoms with E-state index in [4.69, 9.17) is 4.18 Å². The molecule has 0 N–H and O–H groups in total. The van der Waals surface area contributed by atoms with Crippen LogP contribution in [0.1, 0.15) is 57.4 Å². The fourth-order valence-electron chi connectivity index (χ4n) is 2.00. The largest absolute Gasteiger partial charge is 0.296 e. The van der Waals surface area contributed by atoms with E-state index in [-0.39, 0.29) is 11.5 Å². The van der Waals surface area contributed by atoms with E-state index in [1.807, 2.05) is 6.92 Å². The van der Waals surface area contributed by atoms with Gasteiger partial charge in [-0.1, -0.05) is 63.1 Å². The monoisotopic (exact) mass is 300 g/mol. The highest BCUT2D eigenvalue weighted by molar-refractivity contribution is 7.86. The lowest BCUT2D eigenvalue weighted by atomic mass is 10.1. The highest BCUT2D eigenvalue weighted by Crippen LogP contribution is 2.14. The van der Waals surface area contributed by atoms with Gasteiger partial charge in [0.1, 0.15) is 0 Å². The SMILES string of the molecule is CCCCCCC[13CH2][13CH2]OS(=O)(=O)c1ccc(C)cc1. The minimum atomic E-state index is -3.58. The first-order chi connectivity index (χ1) is 9.56. The maximum atomic E-state index is 11.9. The molecule has 0 atom stereocenters. The molecular weight excluding hydrogens is 274 g/mol. The summed E-state index contributed by atoms with van der Waals surface area (Å²) in [7, 11) is -3.58. The third kappa shape index (κ3) is 6.53. The van der Waals surface area contributed by atoms with E-state index in [2.05, 4.69) is 6.92 Å². The Morgan fingerprint density at radius 1 is 0.900 bits per heavy atom. The standard InChI is InChI=1S/C16H26O3S/c1-3-4-5-6-7-8-9-14-19-20(17,18)16-12-10-15(2)11-13-16/h10-13H,3-9,14H2,1-2H3/i9+1,14+1. The maximum Gasteiger partial charge on any atom is 0.296 e. The van der Waals surface area contributed by atoms with Crippen LogP contribution in [0.4, 0.5) is 0 Å². The number of unbranched alkanes of at least 4 members (excludes halogenated alkanes) is 6. The number of hydrogen-bond acceptors (Lipinski definition) is 3. The second-order valence-corrected chi connectivity index (χ2v) is 6.83. The average Bonchev–Trinajstić information content (AvgIpc) is 2.42. The van der Waals surface area contributed by atoms with Gasteiger partial charge in [0.05, 0.1) is 11.5 Å². The lowest BCUT2D eigenvalue weighted by Gasteiger charge is -2.06. The van der Waals surface area contributed by atoms with Crippen LogP contribution >= 0.6 is 0 Å². The first kappa shape index (κ1) is 17.2. The molecule has 1 rings (SSSR count). The molecule has 1 aromatic rings. The third-order valence-corrected chi connectivity index (χ3v) is 4.62. The Labute approximate surface area is 123 Å². The Hall–Kier alpha value is -0.870. The molecule has 0 aliphatic carbocycles. The predicted octanol–water partition coefficient (Wildman–Crippen LogP) is 4.45. The van der Waals surface area contributed by atoms with Crippen molar-refractivity contribution in [3.05, 3.63) is 29.8 Å². The van der Waals surface area contributed by atoms with Crippen LogP contribution in [0.3, 0.4) is 0 Å². The number of aryl methyl sites for hydroxylation is 1. The maximum absolute atomic E-state index is 11.9. The lowest BCUT2D eigenvalue weighted by Crippen LogP contribution is -2.07. The van der Waals surface area contributed by atoms with Gasteiger partial charge in [-0.25, -0.2) is 0 Å². The van der Waals surface area contributed by atoms with Crippen molar-refractivity contribution >= 4 is 10.1 Å². The molecule has 0 heterocycles. The summed E-state index contributed by atoms with van der Waals surface area (Å²) in [5.41, 5.74) is 1.04. The summed E-state index contributed by atoms with van der Waals surface area (Å²) in [5.74, 6) is 0. The minimum Gasteiger partial charge on any atom is -0.266 e. The molecule has 0 aliphatic rings. The van der Waals surface area contributed by atoms with Gasteiger partial charge in [0.25, 0.3) is 10.1 Å². The molecule has 0 amide bonds. The van der Waals surface area contributed by atoms with Crippen molar-refractivity contribution in [2.45, 2.75) is 63.7 Å². The second kappa shape index (κ2) is 9.14. The van der Waals surface area contributed by atoms with Gasteiger partial charge in [0, 0.05) is 0 Å². The summed E-state index contributed by atoms with van der Waals surface area (Å²) in [6.07, 6.45) is 8.05. The van der Waals surface area contributed by atoms with Crippen LogP contribution in [-0.2, 0) is 14.3 Å². The first-order valence-corrected chi connectivity index (χ1v) is 8.93. The molecule has 0 fully saturated rings. The van der Waals surface area contributed by atoms with Gasteiger partial charge in [0.2, 0.25) is 0 Å². The smallest absolute Gasteiger partial charge is 0.266 e. The van der Waals surface area contributed by atoms with Gasteiger partial charge in [-0.2, -0.15) is 8.42 Å². The van der Waals surface area contributed by atoms with Crippen molar-refractivity contribution in [2.75, 3.05) is 6.61 Å². The number of rotatable bonds is 10. The zero-order chi connectivity index (χ0) is 14.8. The van der Waals surface area contributed by atoms with Crippen LogP contribution < -0.4 is 0 Å². The van der Waals surface area contributed by atoms with Crippen LogP contribution in [0.25, 0.3) is 0 Å². The summed E-state index contributed by atoms with van der Waals surface area (Å²) in [6, 6.07) is 6.75. The molecule has 0 saturated heterocycles. The van der Waals surface area contributed by atoms with E-state index in [1.54, 1.807) is 24.3 Å².